The van der Waals surface area contributed by atoms with Gasteiger partial charge in [0.1, 0.15) is 11.8 Å². The second-order valence-corrected chi connectivity index (χ2v) is 9.85. The Hall–Kier alpha value is -2.57. The van der Waals surface area contributed by atoms with Crippen LogP contribution in [0, 0.1) is 11.8 Å². The molecule has 1 saturated heterocycles. The third kappa shape index (κ3) is 7.21. The Bertz CT molecular complexity index is 812. The van der Waals surface area contributed by atoms with Crippen molar-refractivity contribution in [1.29, 1.82) is 0 Å². The summed E-state index contributed by atoms with van der Waals surface area (Å²) in [6, 6.07) is 6.83. The van der Waals surface area contributed by atoms with Gasteiger partial charge >= 0.3 is 0 Å². The lowest BCUT2D eigenvalue weighted by molar-refractivity contribution is -0.143. The Labute approximate surface area is 204 Å². The normalized spacial score (nSPS) is 18.4. The third-order valence-electron chi connectivity index (χ3n) is 7.50. The second-order valence-electron chi connectivity index (χ2n) is 9.85. The molecule has 0 bridgehead atoms. The number of carbonyl (C=O) groups excluding carboxylic acids is 3. The van der Waals surface area contributed by atoms with Crippen molar-refractivity contribution in [2.75, 3.05) is 33.3 Å². The molecule has 1 aliphatic heterocycles. The molecule has 2 fully saturated rings. The average molecular weight is 472 g/mol. The molecular formula is C27H41N3O4. The minimum atomic E-state index is -0.555. The molecule has 7 nitrogen and oxygen atoms in total. The van der Waals surface area contributed by atoms with Gasteiger partial charge in [0.05, 0.1) is 13.5 Å². The number of piperazine rings is 1. The molecule has 188 valence electrons. The highest BCUT2D eigenvalue weighted by Crippen LogP contribution is 2.28. The van der Waals surface area contributed by atoms with Crippen LogP contribution >= 0.6 is 0 Å². The zero-order valence-corrected chi connectivity index (χ0v) is 21.1. The first kappa shape index (κ1) is 26.0. The molecule has 34 heavy (non-hydrogen) atoms. The quantitative estimate of drug-likeness (QED) is 0.567. The monoisotopic (exact) mass is 471 g/mol. The van der Waals surface area contributed by atoms with Gasteiger partial charge in [-0.1, -0.05) is 58.1 Å². The Balaban J connectivity index is 1.50. The number of benzene rings is 1. The first-order valence-corrected chi connectivity index (χ1v) is 12.9. The number of hydrogen-bond acceptors (Lipinski definition) is 4. The molecular weight excluding hydrogens is 430 g/mol. The van der Waals surface area contributed by atoms with Gasteiger partial charge in [-0.2, -0.15) is 0 Å². The Morgan fingerprint density at radius 2 is 1.65 bits per heavy atom. The molecule has 0 aromatic heterocycles. The molecule has 2 aliphatic rings. The topological polar surface area (TPSA) is 79.0 Å². The van der Waals surface area contributed by atoms with Gasteiger partial charge in [0.2, 0.25) is 17.7 Å². The van der Waals surface area contributed by atoms with Crippen LogP contribution in [0.1, 0.15) is 64.4 Å². The van der Waals surface area contributed by atoms with E-state index < -0.39 is 6.04 Å². The number of methoxy groups -OCH3 is 1. The van der Waals surface area contributed by atoms with Crippen molar-refractivity contribution in [3.05, 3.63) is 29.8 Å². The first-order valence-electron chi connectivity index (χ1n) is 12.9. The summed E-state index contributed by atoms with van der Waals surface area (Å²) in [5.41, 5.74) is 0.874. The van der Waals surface area contributed by atoms with Gasteiger partial charge in [0, 0.05) is 32.6 Å². The lowest BCUT2D eigenvalue weighted by Gasteiger charge is -2.37. The van der Waals surface area contributed by atoms with Gasteiger partial charge in [-0.3, -0.25) is 14.4 Å². The molecule has 1 aromatic rings. The van der Waals surface area contributed by atoms with Gasteiger partial charge in [-0.05, 0) is 36.0 Å². The van der Waals surface area contributed by atoms with Crippen molar-refractivity contribution in [1.82, 2.24) is 15.1 Å². The Morgan fingerprint density at radius 3 is 2.24 bits per heavy atom. The van der Waals surface area contributed by atoms with Crippen LogP contribution in [0.15, 0.2) is 24.3 Å². The summed E-state index contributed by atoms with van der Waals surface area (Å²) in [7, 11) is 1.61. The molecule has 3 amide bonds. The number of amides is 3. The van der Waals surface area contributed by atoms with E-state index in [1.165, 1.54) is 25.7 Å². The van der Waals surface area contributed by atoms with Crippen molar-refractivity contribution in [2.45, 2.75) is 71.3 Å². The van der Waals surface area contributed by atoms with Crippen LogP contribution in [0.4, 0.5) is 0 Å². The second kappa shape index (κ2) is 12.8. The van der Waals surface area contributed by atoms with E-state index >= 15 is 0 Å². The van der Waals surface area contributed by atoms with Crippen LogP contribution in [0.3, 0.4) is 0 Å². The van der Waals surface area contributed by atoms with Crippen molar-refractivity contribution < 1.29 is 19.1 Å². The molecule has 2 atom stereocenters. The highest BCUT2D eigenvalue weighted by Gasteiger charge is 2.32. The zero-order chi connectivity index (χ0) is 24.5. The van der Waals surface area contributed by atoms with E-state index in [-0.39, 0.29) is 30.1 Å². The van der Waals surface area contributed by atoms with E-state index in [1.807, 2.05) is 47.9 Å². The van der Waals surface area contributed by atoms with E-state index in [0.29, 0.717) is 38.5 Å². The van der Waals surface area contributed by atoms with Crippen LogP contribution in [0.2, 0.25) is 0 Å². The fourth-order valence-electron chi connectivity index (χ4n) is 4.99. The predicted octanol–water partition coefficient (Wildman–Crippen LogP) is 3.41. The highest BCUT2D eigenvalue weighted by atomic mass is 16.5. The maximum atomic E-state index is 13.3. The first-order chi connectivity index (χ1) is 16.4. The Kier molecular flexibility index (Phi) is 9.78. The summed E-state index contributed by atoms with van der Waals surface area (Å²) in [6.07, 6.45) is 7.74. The number of nitrogens with zero attached hydrogens (tertiary/aromatic N) is 2. The van der Waals surface area contributed by atoms with E-state index in [4.69, 9.17) is 4.74 Å². The fraction of sp³-hybridized carbons (Fsp3) is 0.667. The SMILES string of the molecule is CCC(C)C(NC(=O)Cc1ccc(OC)cc1)C(=O)N1CCN(C(=O)CCC2CCCC2)CC1. The molecule has 1 N–H and O–H groups in total. The maximum Gasteiger partial charge on any atom is 0.245 e. The van der Waals surface area contributed by atoms with Gasteiger partial charge in [0.25, 0.3) is 0 Å². The molecule has 3 rings (SSSR count). The molecule has 1 saturated carbocycles. The van der Waals surface area contributed by atoms with E-state index in [0.717, 1.165) is 24.2 Å². The summed E-state index contributed by atoms with van der Waals surface area (Å²) < 4.78 is 5.17. The van der Waals surface area contributed by atoms with E-state index in [1.54, 1.807) is 7.11 Å². The van der Waals surface area contributed by atoms with Crippen LogP contribution in [0.5, 0.6) is 5.75 Å². The molecule has 1 aliphatic carbocycles. The number of ether oxygens (including phenoxy) is 1. The van der Waals surface area contributed by atoms with Crippen molar-refractivity contribution >= 4 is 17.7 Å². The minimum Gasteiger partial charge on any atom is -0.497 e. The molecule has 2 unspecified atom stereocenters. The molecule has 1 aromatic carbocycles. The lowest BCUT2D eigenvalue weighted by Crippen LogP contribution is -2.57. The summed E-state index contributed by atoms with van der Waals surface area (Å²) >= 11 is 0. The van der Waals surface area contributed by atoms with Gasteiger partial charge in [-0.15, -0.1) is 0 Å². The Morgan fingerprint density at radius 1 is 1.03 bits per heavy atom. The van der Waals surface area contributed by atoms with Crippen LogP contribution in [-0.4, -0.2) is 66.9 Å². The van der Waals surface area contributed by atoms with E-state index in [2.05, 4.69) is 5.32 Å². The van der Waals surface area contributed by atoms with Crippen molar-refractivity contribution in [3.8, 4) is 5.75 Å². The standard InChI is InChI=1S/C27H41N3O4/c1-4-20(2)26(28-24(31)19-22-9-12-23(34-3)13-10-22)27(33)30-17-15-29(16-18-30)25(32)14-11-21-7-5-6-8-21/h9-10,12-13,20-21,26H,4-8,11,14-19H2,1-3H3,(H,28,31). The molecule has 1 heterocycles. The lowest BCUT2D eigenvalue weighted by atomic mass is 9.97. The number of hydrogen-bond donors (Lipinski definition) is 1. The fourth-order valence-corrected chi connectivity index (χ4v) is 4.99. The predicted molar refractivity (Wildman–Crippen MR) is 132 cm³/mol. The zero-order valence-electron chi connectivity index (χ0n) is 21.1. The summed E-state index contributed by atoms with van der Waals surface area (Å²) in [4.78, 5) is 42.4. The van der Waals surface area contributed by atoms with Gasteiger partial charge < -0.3 is 19.9 Å². The van der Waals surface area contributed by atoms with Gasteiger partial charge in [0.15, 0.2) is 0 Å². The number of nitrogens with one attached hydrogen (secondary N) is 1. The minimum absolute atomic E-state index is 0.0263. The van der Waals surface area contributed by atoms with Crippen LogP contribution in [-0.2, 0) is 20.8 Å². The average Bonchev–Trinajstić information content (AvgIpc) is 3.39. The summed E-state index contributed by atoms with van der Waals surface area (Å²) in [6.45, 7) is 6.22. The molecule has 0 spiro atoms. The molecule has 7 heteroatoms. The highest BCUT2D eigenvalue weighted by molar-refractivity contribution is 5.89. The maximum absolute atomic E-state index is 13.3. The summed E-state index contributed by atoms with van der Waals surface area (Å²) in [5.74, 6) is 1.49. The van der Waals surface area contributed by atoms with Crippen molar-refractivity contribution in [2.24, 2.45) is 11.8 Å². The van der Waals surface area contributed by atoms with E-state index in [9.17, 15) is 14.4 Å². The van der Waals surface area contributed by atoms with Crippen LogP contribution in [0.25, 0.3) is 0 Å². The van der Waals surface area contributed by atoms with Crippen molar-refractivity contribution in [3.63, 3.8) is 0 Å². The molecule has 0 radical (unpaired) electrons. The number of carbonyl (C=O) groups is 3. The van der Waals surface area contributed by atoms with Crippen LogP contribution < -0.4 is 10.1 Å². The largest absolute Gasteiger partial charge is 0.497 e. The smallest absolute Gasteiger partial charge is 0.245 e. The summed E-state index contributed by atoms with van der Waals surface area (Å²) in [5, 5.41) is 2.99. The van der Waals surface area contributed by atoms with Gasteiger partial charge in [-0.25, -0.2) is 0 Å². The third-order valence-corrected chi connectivity index (χ3v) is 7.50. The number of rotatable bonds is 10.